The van der Waals surface area contributed by atoms with Gasteiger partial charge < -0.3 is 19.9 Å². The van der Waals surface area contributed by atoms with Crippen LogP contribution in [0.5, 0.6) is 5.75 Å². The Bertz CT molecular complexity index is 362. The van der Waals surface area contributed by atoms with Crippen molar-refractivity contribution in [3.05, 3.63) is 23.8 Å². The van der Waals surface area contributed by atoms with E-state index in [1.165, 1.54) is 0 Å². The van der Waals surface area contributed by atoms with E-state index in [2.05, 4.69) is 0 Å². The molecule has 2 rings (SSSR count). The molecule has 4 nitrogen and oxygen atoms in total. The molecule has 0 aromatic heterocycles. The second kappa shape index (κ2) is 5.89. The van der Waals surface area contributed by atoms with Crippen molar-refractivity contribution in [3.63, 3.8) is 0 Å². The second-order valence-corrected chi connectivity index (χ2v) is 4.32. The third-order valence-electron chi connectivity index (χ3n) is 2.94. The van der Waals surface area contributed by atoms with E-state index in [-0.39, 0.29) is 0 Å². The average Bonchev–Trinajstić information content (AvgIpc) is 2.82. The highest BCUT2D eigenvalue weighted by molar-refractivity contribution is 5.54. The van der Waals surface area contributed by atoms with Gasteiger partial charge in [0.25, 0.3) is 0 Å². The van der Waals surface area contributed by atoms with Crippen LogP contribution in [0.4, 0.5) is 5.69 Å². The summed E-state index contributed by atoms with van der Waals surface area (Å²) < 4.78 is 16.1. The Kier molecular flexibility index (Phi) is 4.23. The van der Waals surface area contributed by atoms with Crippen LogP contribution in [-0.4, -0.2) is 26.9 Å². The van der Waals surface area contributed by atoms with Gasteiger partial charge in [-0.1, -0.05) is 6.07 Å². The lowest BCUT2D eigenvalue weighted by Crippen LogP contribution is -2.09. The maximum absolute atomic E-state index is 5.83. The number of anilines is 1. The van der Waals surface area contributed by atoms with Crippen LogP contribution in [0.15, 0.2) is 18.2 Å². The maximum Gasteiger partial charge on any atom is 0.141 e. The van der Waals surface area contributed by atoms with E-state index >= 15 is 0 Å². The molecule has 1 fully saturated rings. The molecule has 0 spiro atoms. The van der Waals surface area contributed by atoms with E-state index in [4.69, 9.17) is 19.9 Å². The highest BCUT2D eigenvalue weighted by Gasteiger charge is 2.15. The van der Waals surface area contributed by atoms with Crippen LogP contribution in [0.2, 0.25) is 0 Å². The molecule has 1 heterocycles. The molecule has 4 heteroatoms. The van der Waals surface area contributed by atoms with Gasteiger partial charge in [0.15, 0.2) is 0 Å². The van der Waals surface area contributed by atoms with Crippen LogP contribution in [-0.2, 0) is 16.1 Å². The highest BCUT2D eigenvalue weighted by atomic mass is 16.5. The largest absolute Gasteiger partial charge is 0.495 e. The third-order valence-corrected chi connectivity index (χ3v) is 2.94. The fraction of sp³-hybridized carbons (Fsp3) is 0.538. The van der Waals surface area contributed by atoms with Crippen LogP contribution in [0, 0.1) is 5.92 Å². The molecule has 1 unspecified atom stereocenters. The number of nitrogens with two attached hydrogens (primary N) is 1. The number of rotatable bonds is 5. The lowest BCUT2D eigenvalue weighted by atomic mass is 10.1. The molecule has 1 aromatic rings. The molecule has 1 atom stereocenters. The molecule has 0 bridgehead atoms. The van der Waals surface area contributed by atoms with Gasteiger partial charge in [-0.25, -0.2) is 0 Å². The predicted molar refractivity (Wildman–Crippen MR) is 66.0 cm³/mol. The highest BCUT2D eigenvalue weighted by Crippen LogP contribution is 2.22. The summed E-state index contributed by atoms with van der Waals surface area (Å²) in [5.74, 6) is 1.25. The Labute approximate surface area is 102 Å². The van der Waals surface area contributed by atoms with Crippen LogP contribution in [0.1, 0.15) is 12.0 Å². The first kappa shape index (κ1) is 12.2. The molecule has 94 valence electrons. The molecule has 0 saturated carbocycles. The Morgan fingerprint density at radius 2 is 2.35 bits per heavy atom. The number of nitrogen functional groups attached to an aromatic ring is 1. The van der Waals surface area contributed by atoms with Crippen molar-refractivity contribution in [2.24, 2.45) is 5.92 Å². The standard InChI is InChI=1S/C13H19NO3/c1-15-13-3-2-10(6-12(13)14)7-17-9-11-4-5-16-8-11/h2-3,6,11H,4-5,7-9,14H2,1H3. The van der Waals surface area contributed by atoms with Gasteiger partial charge in [0.2, 0.25) is 0 Å². The summed E-state index contributed by atoms with van der Waals surface area (Å²) in [6, 6.07) is 5.73. The average molecular weight is 237 g/mol. The normalized spacial score (nSPS) is 19.5. The van der Waals surface area contributed by atoms with Crippen molar-refractivity contribution in [2.45, 2.75) is 13.0 Å². The first-order valence-corrected chi connectivity index (χ1v) is 5.87. The quantitative estimate of drug-likeness (QED) is 0.794. The topological polar surface area (TPSA) is 53.7 Å². The van der Waals surface area contributed by atoms with E-state index in [1.54, 1.807) is 7.11 Å². The van der Waals surface area contributed by atoms with Crippen molar-refractivity contribution in [3.8, 4) is 5.75 Å². The number of hydrogen-bond donors (Lipinski definition) is 1. The van der Waals surface area contributed by atoms with E-state index in [0.29, 0.717) is 24.0 Å². The van der Waals surface area contributed by atoms with Gasteiger partial charge in [-0.05, 0) is 24.1 Å². The fourth-order valence-corrected chi connectivity index (χ4v) is 1.93. The zero-order valence-corrected chi connectivity index (χ0v) is 10.1. The van der Waals surface area contributed by atoms with E-state index in [0.717, 1.165) is 31.8 Å². The Balaban J connectivity index is 1.80. The van der Waals surface area contributed by atoms with Gasteiger partial charge in [-0.2, -0.15) is 0 Å². The summed E-state index contributed by atoms with van der Waals surface area (Å²) in [6.45, 7) is 3.03. The van der Waals surface area contributed by atoms with Gasteiger partial charge in [-0.3, -0.25) is 0 Å². The lowest BCUT2D eigenvalue weighted by molar-refractivity contribution is 0.0791. The van der Waals surface area contributed by atoms with E-state index in [9.17, 15) is 0 Å². The van der Waals surface area contributed by atoms with Crippen LogP contribution in [0.25, 0.3) is 0 Å². The SMILES string of the molecule is COc1ccc(COCC2CCOC2)cc1N. The molecule has 1 saturated heterocycles. The van der Waals surface area contributed by atoms with Crippen molar-refractivity contribution in [2.75, 3.05) is 32.7 Å². The first-order chi connectivity index (χ1) is 8.29. The summed E-state index contributed by atoms with van der Waals surface area (Å²) in [5.41, 5.74) is 7.55. The minimum atomic E-state index is 0.547. The van der Waals surface area contributed by atoms with Crippen molar-refractivity contribution < 1.29 is 14.2 Å². The monoisotopic (exact) mass is 237 g/mol. The zero-order chi connectivity index (χ0) is 12.1. The first-order valence-electron chi connectivity index (χ1n) is 5.87. The number of benzene rings is 1. The van der Waals surface area contributed by atoms with E-state index < -0.39 is 0 Å². The molecule has 0 amide bonds. The summed E-state index contributed by atoms with van der Waals surface area (Å²) in [7, 11) is 1.61. The smallest absolute Gasteiger partial charge is 0.141 e. The molecule has 17 heavy (non-hydrogen) atoms. The summed E-state index contributed by atoms with van der Waals surface area (Å²) in [6.07, 6.45) is 1.10. The fourth-order valence-electron chi connectivity index (χ4n) is 1.93. The molecule has 2 N–H and O–H groups in total. The molecule has 1 aliphatic heterocycles. The van der Waals surface area contributed by atoms with Gasteiger partial charge in [-0.15, -0.1) is 0 Å². The molecule has 0 radical (unpaired) electrons. The van der Waals surface area contributed by atoms with Crippen LogP contribution >= 0.6 is 0 Å². The maximum atomic E-state index is 5.83. The second-order valence-electron chi connectivity index (χ2n) is 4.32. The molecule has 1 aromatic carbocycles. The molecule has 1 aliphatic rings. The summed E-state index contributed by atoms with van der Waals surface area (Å²) in [4.78, 5) is 0. The number of hydrogen-bond acceptors (Lipinski definition) is 4. The lowest BCUT2D eigenvalue weighted by Gasteiger charge is -2.10. The number of ether oxygens (including phenoxy) is 3. The van der Waals surface area contributed by atoms with Crippen LogP contribution in [0.3, 0.4) is 0 Å². The van der Waals surface area contributed by atoms with Gasteiger partial charge in [0, 0.05) is 12.5 Å². The Morgan fingerprint density at radius 3 is 3.00 bits per heavy atom. The van der Waals surface area contributed by atoms with E-state index in [1.807, 2.05) is 18.2 Å². The third kappa shape index (κ3) is 3.35. The number of methoxy groups -OCH3 is 1. The minimum absolute atomic E-state index is 0.547. The summed E-state index contributed by atoms with van der Waals surface area (Å²) >= 11 is 0. The molecule has 0 aliphatic carbocycles. The van der Waals surface area contributed by atoms with Gasteiger partial charge >= 0.3 is 0 Å². The van der Waals surface area contributed by atoms with Gasteiger partial charge in [0.05, 0.1) is 32.6 Å². The van der Waals surface area contributed by atoms with Crippen molar-refractivity contribution >= 4 is 5.69 Å². The summed E-state index contributed by atoms with van der Waals surface area (Å²) in [5, 5.41) is 0. The minimum Gasteiger partial charge on any atom is -0.495 e. The van der Waals surface area contributed by atoms with Crippen molar-refractivity contribution in [1.29, 1.82) is 0 Å². The molecular weight excluding hydrogens is 218 g/mol. The zero-order valence-electron chi connectivity index (χ0n) is 10.1. The Hall–Kier alpha value is -1.26. The molecular formula is C13H19NO3. The Morgan fingerprint density at radius 1 is 1.47 bits per heavy atom. The van der Waals surface area contributed by atoms with Crippen molar-refractivity contribution in [1.82, 2.24) is 0 Å². The predicted octanol–water partition coefficient (Wildman–Crippen LogP) is 1.83. The van der Waals surface area contributed by atoms with Gasteiger partial charge in [0.1, 0.15) is 5.75 Å². The van der Waals surface area contributed by atoms with Crippen LogP contribution < -0.4 is 10.5 Å².